The standard InChI is InChI=1S/C17H20ClN3O2/c1-19-17(20-10-12-4-3-5-14(18)8-12)21-11-13-9-15(23-2)6-7-16(13)22/h3-9,22H,10-11H2,1-2H3,(H2,19,20,21). The Morgan fingerprint density at radius 1 is 1.17 bits per heavy atom. The summed E-state index contributed by atoms with van der Waals surface area (Å²) in [4.78, 5) is 4.16. The van der Waals surface area contributed by atoms with Crippen LogP contribution in [0.3, 0.4) is 0 Å². The molecule has 0 aliphatic heterocycles. The van der Waals surface area contributed by atoms with Crippen molar-refractivity contribution in [2.24, 2.45) is 4.99 Å². The maximum Gasteiger partial charge on any atom is 0.191 e. The fourth-order valence-corrected chi connectivity index (χ4v) is 2.28. The Morgan fingerprint density at radius 2 is 1.96 bits per heavy atom. The van der Waals surface area contributed by atoms with Gasteiger partial charge in [-0.25, -0.2) is 0 Å². The zero-order valence-electron chi connectivity index (χ0n) is 13.1. The van der Waals surface area contributed by atoms with Gasteiger partial charge in [0.1, 0.15) is 11.5 Å². The van der Waals surface area contributed by atoms with Crippen LogP contribution in [0.1, 0.15) is 11.1 Å². The van der Waals surface area contributed by atoms with Gasteiger partial charge in [0.2, 0.25) is 0 Å². The van der Waals surface area contributed by atoms with E-state index in [2.05, 4.69) is 15.6 Å². The van der Waals surface area contributed by atoms with Gasteiger partial charge in [-0.1, -0.05) is 23.7 Å². The van der Waals surface area contributed by atoms with E-state index < -0.39 is 0 Å². The average molecular weight is 334 g/mol. The van der Waals surface area contributed by atoms with Gasteiger partial charge >= 0.3 is 0 Å². The molecule has 5 nitrogen and oxygen atoms in total. The van der Waals surface area contributed by atoms with Crippen molar-refractivity contribution in [2.75, 3.05) is 14.2 Å². The number of hydrogen-bond acceptors (Lipinski definition) is 3. The van der Waals surface area contributed by atoms with Crippen LogP contribution in [0, 0.1) is 0 Å². The van der Waals surface area contributed by atoms with E-state index in [1.807, 2.05) is 24.3 Å². The van der Waals surface area contributed by atoms with Crippen molar-refractivity contribution in [2.45, 2.75) is 13.1 Å². The fourth-order valence-electron chi connectivity index (χ4n) is 2.06. The van der Waals surface area contributed by atoms with Gasteiger partial charge in [0.15, 0.2) is 5.96 Å². The minimum Gasteiger partial charge on any atom is -0.508 e. The molecule has 0 unspecified atom stereocenters. The highest BCUT2D eigenvalue weighted by molar-refractivity contribution is 6.30. The van der Waals surface area contributed by atoms with E-state index in [4.69, 9.17) is 16.3 Å². The van der Waals surface area contributed by atoms with E-state index in [1.54, 1.807) is 32.4 Å². The van der Waals surface area contributed by atoms with E-state index in [1.165, 1.54) is 0 Å². The lowest BCUT2D eigenvalue weighted by Gasteiger charge is -2.13. The van der Waals surface area contributed by atoms with Gasteiger partial charge in [-0.05, 0) is 35.9 Å². The third kappa shape index (κ3) is 5.07. The first-order valence-corrected chi connectivity index (χ1v) is 7.55. The monoisotopic (exact) mass is 333 g/mol. The summed E-state index contributed by atoms with van der Waals surface area (Å²) in [6.07, 6.45) is 0. The van der Waals surface area contributed by atoms with Gasteiger partial charge in [-0.2, -0.15) is 0 Å². The first-order valence-electron chi connectivity index (χ1n) is 7.17. The summed E-state index contributed by atoms with van der Waals surface area (Å²) in [6, 6.07) is 12.7. The van der Waals surface area contributed by atoms with Crippen molar-refractivity contribution in [3.05, 3.63) is 58.6 Å². The van der Waals surface area contributed by atoms with Crippen molar-refractivity contribution in [1.82, 2.24) is 10.6 Å². The van der Waals surface area contributed by atoms with Crippen LogP contribution in [-0.2, 0) is 13.1 Å². The number of guanidine groups is 1. The topological polar surface area (TPSA) is 65.9 Å². The Hall–Kier alpha value is -2.40. The van der Waals surface area contributed by atoms with Crippen molar-refractivity contribution in [1.29, 1.82) is 0 Å². The maximum absolute atomic E-state index is 9.88. The molecule has 0 aliphatic carbocycles. The largest absolute Gasteiger partial charge is 0.508 e. The molecule has 0 amide bonds. The number of benzene rings is 2. The second kappa shape index (κ2) is 8.29. The molecule has 0 saturated carbocycles. The minimum absolute atomic E-state index is 0.212. The predicted molar refractivity (Wildman–Crippen MR) is 93.1 cm³/mol. The summed E-state index contributed by atoms with van der Waals surface area (Å²) in [6.45, 7) is 1.03. The van der Waals surface area contributed by atoms with Gasteiger partial charge in [-0.15, -0.1) is 0 Å². The van der Waals surface area contributed by atoms with E-state index in [0.717, 1.165) is 11.1 Å². The van der Waals surface area contributed by atoms with Gasteiger partial charge < -0.3 is 20.5 Å². The molecule has 0 aromatic heterocycles. The molecule has 0 atom stereocenters. The molecule has 0 aliphatic rings. The maximum atomic E-state index is 9.88. The van der Waals surface area contributed by atoms with Gasteiger partial charge in [0, 0.05) is 30.7 Å². The molecule has 23 heavy (non-hydrogen) atoms. The predicted octanol–water partition coefficient (Wildman–Crippen LogP) is 2.92. The number of aromatic hydroxyl groups is 1. The number of phenolic OH excluding ortho intramolecular Hbond substituents is 1. The van der Waals surface area contributed by atoms with E-state index in [0.29, 0.717) is 29.8 Å². The molecular formula is C17H20ClN3O2. The molecule has 2 aromatic rings. The molecule has 0 spiro atoms. The number of ether oxygens (including phenoxy) is 1. The van der Waals surface area contributed by atoms with Crippen LogP contribution in [-0.4, -0.2) is 25.2 Å². The van der Waals surface area contributed by atoms with Gasteiger partial charge in [-0.3, -0.25) is 4.99 Å². The highest BCUT2D eigenvalue weighted by atomic mass is 35.5. The molecule has 0 heterocycles. The third-order valence-electron chi connectivity index (χ3n) is 3.31. The summed E-state index contributed by atoms with van der Waals surface area (Å²) in [7, 11) is 3.29. The molecular weight excluding hydrogens is 314 g/mol. The van der Waals surface area contributed by atoms with Gasteiger partial charge in [0.25, 0.3) is 0 Å². The van der Waals surface area contributed by atoms with E-state index >= 15 is 0 Å². The molecule has 0 radical (unpaired) electrons. The first kappa shape index (κ1) is 17.0. The summed E-state index contributed by atoms with van der Waals surface area (Å²) in [5.41, 5.74) is 1.79. The number of aliphatic imine (C=N–C) groups is 1. The van der Waals surface area contributed by atoms with Crippen LogP contribution in [0.15, 0.2) is 47.5 Å². The van der Waals surface area contributed by atoms with Crippen LogP contribution in [0.2, 0.25) is 5.02 Å². The summed E-state index contributed by atoms with van der Waals surface area (Å²) < 4.78 is 5.16. The normalized spacial score (nSPS) is 11.2. The second-order valence-corrected chi connectivity index (χ2v) is 5.34. The van der Waals surface area contributed by atoms with E-state index in [-0.39, 0.29) is 5.75 Å². The molecule has 3 N–H and O–H groups in total. The average Bonchev–Trinajstić information content (AvgIpc) is 2.56. The molecule has 2 rings (SSSR count). The van der Waals surface area contributed by atoms with Crippen LogP contribution in [0.5, 0.6) is 11.5 Å². The number of phenols is 1. The number of nitrogens with one attached hydrogen (secondary N) is 2. The number of halogens is 1. The highest BCUT2D eigenvalue weighted by Gasteiger charge is 2.05. The Labute approximate surface area is 141 Å². The van der Waals surface area contributed by atoms with Crippen LogP contribution in [0.25, 0.3) is 0 Å². The Balaban J connectivity index is 1.93. The molecule has 122 valence electrons. The lowest BCUT2D eigenvalue weighted by atomic mass is 10.2. The molecule has 0 saturated heterocycles. The van der Waals surface area contributed by atoms with Crippen molar-refractivity contribution in [3.63, 3.8) is 0 Å². The zero-order valence-corrected chi connectivity index (χ0v) is 13.9. The smallest absolute Gasteiger partial charge is 0.191 e. The lowest BCUT2D eigenvalue weighted by molar-refractivity contribution is 0.410. The summed E-state index contributed by atoms with van der Waals surface area (Å²) in [5.74, 6) is 1.54. The highest BCUT2D eigenvalue weighted by Crippen LogP contribution is 2.22. The van der Waals surface area contributed by atoms with Crippen LogP contribution in [0.4, 0.5) is 0 Å². The lowest BCUT2D eigenvalue weighted by Crippen LogP contribution is -2.36. The Bertz CT molecular complexity index is 689. The Kier molecular flexibility index (Phi) is 6.11. The number of nitrogens with zero attached hydrogens (tertiary/aromatic N) is 1. The summed E-state index contributed by atoms with van der Waals surface area (Å²) in [5, 5.41) is 16.9. The minimum atomic E-state index is 0.212. The van der Waals surface area contributed by atoms with E-state index in [9.17, 15) is 5.11 Å². The number of rotatable bonds is 5. The van der Waals surface area contributed by atoms with Crippen molar-refractivity contribution >= 4 is 17.6 Å². The molecule has 0 fully saturated rings. The third-order valence-corrected chi connectivity index (χ3v) is 3.54. The van der Waals surface area contributed by atoms with Crippen molar-refractivity contribution < 1.29 is 9.84 Å². The fraction of sp³-hybridized carbons (Fsp3) is 0.235. The summed E-state index contributed by atoms with van der Waals surface area (Å²) >= 11 is 5.97. The van der Waals surface area contributed by atoms with Crippen molar-refractivity contribution in [3.8, 4) is 11.5 Å². The number of methoxy groups -OCH3 is 1. The quantitative estimate of drug-likeness (QED) is 0.581. The number of hydrogen-bond donors (Lipinski definition) is 3. The molecule has 0 bridgehead atoms. The van der Waals surface area contributed by atoms with Crippen LogP contribution >= 0.6 is 11.6 Å². The Morgan fingerprint density at radius 3 is 2.65 bits per heavy atom. The SMILES string of the molecule is CN=C(NCc1cccc(Cl)c1)NCc1cc(OC)ccc1O. The molecule has 6 heteroatoms. The second-order valence-electron chi connectivity index (χ2n) is 4.90. The van der Waals surface area contributed by atoms with Crippen LogP contribution < -0.4 is 15.4 Å². The molecule has 2 aromatic carbocycles. The first-order chi connectivity index (χ1) is 11.1. The van der Waals surface area contributed by atoms with Gasteiger partial charge in [0.05, 0.1) is 7.11 Å². The zero-order chi connectivity index (χ0) is 16.7.